The van der Waals surface area contributed by atoms with E-state index in [1.807, 2.05) is 0 Å². The van der Waals surface area contributed by atoms with Crippen molar-refractivity contribution < 1.29 is 34.7 Å². The van der Waals surface area contributed by atoms with Crippen LogP contribution in [-0.2, 0) is 14.3 Å². The lowest BCUT2D eigenvalue weighted by Gasteiger charge is -2.29. The molecule has 7 heteroatoms. The van der Waals surface area contributed by atoms with E-state index in [2.05, 4.69) is 6.92 Å². The molecule has 1 heterocycles. The van der Waals surface area contributed by atoms with Crippen LogP contribution in [0.2, 0.25) is 0 Å². The van der Waals surface area contributed by atoms with Crippen molar-refractivity contribution in [3.8, 4) is 0 Å². The van der Waals surface area contributed by atoms with Gasteiger partial charge in [-0.2, -0.15) is 0 Å². The van der Waals surface area contributed by atoms with E-state index in [0.717, 1.165) is 19.3 Å². The first kappa shape index (κ1) is 20.3. The molecule has 0 aromatic heterocycles. The SMILES string of the molecule is CCCCCCCCCC(=O)O[C@]1(CO)O[C@H](CO)[C@@H](O)[C@@H]1O. The van der Waals surface area contributed by atoms with E-state index < -0.39 is 43.3 Å². The molecule has 1 aliphatic rings. The molecule has 136 valence electrons. The fraction of sp³-hybridized carbons (Fsp3) is 0.938. The predicted octanol–water partition coefficient (Wildman–Crippen LogP) is 0.472. The van der Waals surface area contributed by atoms with Crippen molar-refractivity contribution >= 4 is 5.97 Å². The molecule has 1 aliphatic heterocycles. The fourth-order valence-corrected chi connectivity index (χ4v) is 2.72. The molecule has 1 saturated heterocycles. The van der Waals surface area contributed by atoms with Gasteiger partial charge in [-0.3, -0.25) is 4.79 Å². The molecule has 0 bridgehead atoms. The first-order valence-corrected chi connectivity index (χ1v) is 8.48. The summed E-state index contributed by atoms with van der Waals surface area (Å²) in [5, 5.41) is 38.1. The summed E-state index contributed by atoms with van der Waals surface area (Å²) in [4.78, 5) is 11.9. The van der Waals surface area contributed by atoms with Gasteiger partial charge in [0.25, 0.3) is 5.79 Å². The Kier molecular flexibility index (Phi) is 9.01. The summed E-state index contributed by atoms with van der Waals surface area (Å²) >= 11 is 0. The number of rotatable bonds is 11. The van der Waals surface area contributed by atoms with Crippen LogP contribution < -0.4 is 0 Å². The molecule has 0 spiro atoms. The highest BCUT2D eigenvalue weighted by Crippen LogP contribution is 2.32. The Morgan fingerprint density at radius 1 is 1.09 bits per heavy atom. The molecule has 0 aromatic carbocycles. The summed E-state index contributed by atoms with van der Waals surface area (Å²) in [6, 6.07) is 0. The van der Waals surface area contributed by atoms with Crippen LogP contribution in [0, 0.1) is 0 Å². The quantitative estimate of drug-likeness (QED) is 0.320. The number of aliphatic hydroxyl groups excluding tert-OH is 4. The first-order chi connectivity index (χ1) is 11.0. The van der Waals surface area contributed by atoms with E-state index in [9.17, 15) is 20.1 Å². The molecule has 4 N–H and O–H groups in total. The third kappa shape index (κ3) is 5.69. The summed E-state index contributed by atoms with van der Waals surface area (Å²) in [6.45, 7) is 0.824. The number of hydrogen-bond donors (Lipinski definition) is 4. The van der Waals surface area contributed by atoms with Crippen LogP contribution in [0.4, 0.5) is 0 Å². The Morgan fingerprint density at radius 2 is 1.70 bits per heavy atom. The van der Waals surface area contributed by atoms with Gasteiger partial charge in [0.1, 0.15) is 18.8 Å². The number of esters is 1. The maximum Gasteiger partial charge on any atom is 0.308 e. The summed E-state index contributed by atoms with van der Waals surface area (Å²) in [6.07, 6.45) is 3.46. The molecular formula is C16H30O7. The highest BCUT2D eigenvalue weighted by Gasteiger charge is 2.56. The van der Waals surface area contributed by atoms with E-state index in [4.69, 9.17) is 14.6 Å². The van der Waals surface area contributed by atoms with Crippen LogP contribution in [0.15, 0.2) is 0 Å². The summed E-state index contributed by atoms with van der Waals surface area (Å²) in [7, 11) is 0. The van der Waals surface area contributed by atoms with Crippen LogP contribution >= 0.6 is 0 Å². The maximum atomic E-state index is 11.9. The molecular weight excluding hydrogens is 304 g/mol. The van der Waals surface area contributed by atoms with Gasteiger partial charge in [0.2, 0.25) is 0 Å². The van der Waals surface area contributed by atoms with Crippen molar-refractivity contribution in [2.45, 2.75) is 82.4 Å². The number of carbonyl (C=O) groups is 1. The molecule has 23 heavy (non-hydrogen) atoms. The molecule has 0 aromatic rings. The molecule has 4 atom stereocenters. The zero-order chi connectivity index (χ0) is 17.3. The molecule has 1 fully saturated rings. The normalized spacial score (nSPS) is 30.6. The van der Waals surface area contributed by atoms with Gasteiger partial charge in [0.05, 0.1) is 6.61 Å². The number of hydrogen-bond acceptors (Lipinski definition) is 7. The molecule has 0 radical (unpaired) electrons. The number of carbonyl (C=O) groups excluding carboxylic acids is 1. The molecule has 0 amide bonds. The zero-order valence-electron chi connectivity index (χ0n) is 13.8. The number of ether oxygens (including phenoxy) is 2. The van der Waals surface area contributed by atoms with Gasteiger partial charge in [-0.05, 0) is 6.42 Å². The second-order valence-electron chi connectivity index (χ2n) is 6.09. The topological polar surface area (TPSA) is 116 Å². The Bertz CT molecular complexity index is 349. The average Bonchev–Trinajstić information content (AvgIpc) is 2.79. The lowest BCUT2D eigenvalue weighted by atomic mass is 10.1. The minimum absolute atomic E-state index is 0.158. The predicted molar refractivity (Wildman–Crippen MR) is 82.5 cm³/mol. The number of aliphatic hydroxyl groups is 4. The minimum Gasteiger partial charge on any atom is -0.427 e. The van der Waals surface area contributed by atoms with E-state index in [0.29, 0.717) is 6.42 Å². The Balaban J connectivity index is 2.34. The zero-order valence-corrected chi connectivity index (χ0v) is 13.8. The van der Waals surface area contributed by atoms with Gasteiger partial charge < -0.3 is 29.9 Å². The molecule has 0 saturated carbocycles. The second-order valence-corrected chi connectivity index (χ2v) is 6.09. The second kappa shape index (κ2) is 10.2. The minimum atomic E-state index is -2.00. The lowest BCUT2D eigenvalue weighted by molar-refractivity contribution is -0.264. The molecule has 0 aliphatic carbocycles. The Morgan fingerprint density at radius 3 is 2.22 bits per heavy atom. The summed E-state index contributed by atoms with van der Waals surface area (Å²) in [5.74, 6) is -2.59. The van der Waals surface area contributed by atoms with Gasteiger partial charge in [0.15, 0.2) is 6.10 Å². The van der Waals surface area contributed by atoms with Crippen molar-refractivity contribution in [3.05, 3.63) is 0 Å². The third-order valence-electron chi connectivity index (χ3n) is 4.18. The highest BCUT2D eigenvalue weighted by atomic mass is 16.8. The van der Waals surface area contributed by atoms with Gasteiger partial charge >= 0.3 is 5.97 Å². The first-order valence-electron chi connectivity index (χ1n) is 8.48. The molecule has 0 unspecified atom stereocenters. The van der Waals surface area contributed by atoms with Gasteiger partial charge in [-0.1, -0.05) is 45.4 Å². The van der Waals surface area contributed by atoms with E-state index in [1.54, 1.807) is 0 Å². The van der Waals surface area contributed by atoms with Gasteiger partial charge in [0, 0.05) is 6.42 Å². The third-order valence-corrected chi connectivity index (χ3v) is 4.18. The van der Waals surface area contributed by atoms with E-state index >= 15 is 0 Å². The van der Waals surface area contributed by atoms with Crippen LogP contribution in [0.5, 0.6) is 0 Å². The van der Waals surface area contributed by atoms with Gasteiger partial charge in [-0.15, -0.1) is 0 Å². The van der Waals surface area contributed by atoms with Crippen molar-refractivity contribution in [1.82, 2.24) is 0 Å². The van der Waals surface area contributed by atoms with Crippen molar-refractivity contribution in [2.75, 3.05) is 13.2 Å². The lowest BCUT2D eigenvalue weighted by Crippen LogP contribution is -2.49. The van der Waals surface area contributed by atoms with Crippen LogP contribution in [0.25, 0.3) is 0 Å². The maximum absolute atomic E-state index is 11.9. The summed E-state index contributed by atoms with van der Waals surface area (Å²) < 4.78 is 10.2. The van der Waals surface area contributed by atoms with Crippen LogP contribution in [-0.4, -0.2) is 63.7 Å². The molecule has 7 nitrogen and oxygen atoms in total. The average molecular weight is 334 g/mol. The van der Waals surface area contributed by atoms with Crippen LogP contribution in [0.3, 0.4) is 0 Å². The summed E-state index contributed by atoms with van der Waals surface area (Å²) in [5.41, 5.74) is 0. The smallest absolute Gasteiger partial charge is 0.308 e. The van der Waals surface area contributed by atoms with E-state index in [-0.39, 0.29) is 6.42 Å². The standard InChI is InChI=1S/C16H30O7/c1-2-3-4-5-6-7-8-9-13(19)23-16(11-18)15(21)14(20)12(10-17)22-16/h12,14-15,17-18,20-21H,2-11H2,1H3/t12-,14-,15+,16+/m1/s1. The molecule has 1 rings (SSSR count). The number of unbranched alkanes of at least 4 members (excludes halogenated alkanes) is 6. The van der Waals surface area contributed by atoms with Crippen molar-refractivity contribution in [1.29, 1.82) is 0 Å². The Hall–Kier alpha value is -0.730. The van der Waals surface area contributed by atoms with Crippen molar-refractivity contribution in [2.24, 2.45) is 0 Å². The van der Waals surface area contributed by atoms with Crippen LogP contribution in [0.1, 0.15) is 58.3 Å². The van der Waals surface area contributed by atoms with E-state index in [1.165, 1.54) is 19.3 Å². The monoisotopic (exact) mass is 334 g/mol. The fourth-order valence-electron chi connectivity index (χ4n) is 2.72. The highest BCUT2D eigenvalue weighted by molar-refractivity contribution is 5.69. The van der Waals surface area contributed by atoms with Crippen molar-refractivity contribution in [3.63, 3.8) is 0 Å². The Labute approximate surface area is 137 Å². The largest absolute Gasteiger partial charge is 0.427 e. The van der Waals surface area contributed by atoms with Gasteiger partial charge in [-0.25, -0.2) is 0 Å².